The summed E-state index contributed by atoms with van der Waals surface area (Å²) in [6, 6.07) is 9.05. The number of carbonyl (C=O) groups is 1. The molecule has 3 aromatic rings. The first kappa shape index (κ1) is 18.5. The molecule has 0 saturated carbocycles. The standard InChI is InChI=1S/C20H18ClN3O4/c1-2-17-16(9-23-24(17)18-5-3-4-6-22-18)20(25)27-11-14-8-15(21)7-13-10-26-12-28-19(13)14/h3-9H,2,10-12H2,1H3. The van der Waals surface area contributed by atoms with Gasteiger partial charge in [-0.2, -0.15) is 5.10 Å². The molecule has 144 valence electrons. The molecule has 4 rings (SSSR count). The second-order valence-corrected chi connectivity index (χ2v) is 6.63. The smallest absolute Gasteiger partial charge is 0.341 e. The van der Waals surface area contributed by atoms with E-state index in [-0.39, 0.29) is 13.4 Å². The molecule has 28 heavy (non-hydrogen) atoms. The molecule has 0 spiro atoms. The third-order valence-electron chi connectivity index (χ3n) is 4.40. The number of halogens is 1. The second-order valence-electron chi connectivity index (χ2n) is 6.20. The second kappa shape index (κ2) is 8.00. The van der Waals surface area contributed by atoms with Gasteiger partial charge in [0.05, 0.1) is 18.5 Å². The molecule has 0 aliphatic carbocycles. The summed E-state index contributed by atoms with van der Waals surface area (Å²) in [4.78, 5) is 17.0. The van der Waals surface area contributed by atoms with Gasteiger partial charge in [0, 0.05) is 22.3 Å². The molecule has 8 heteroatoms. The Balaban J connectivity index is 1.56. The Kier molecular flexibility index (Phi) is 5.27. The maximum Gasteiger partial charge on any atom is 0.341 e. The third-order valence-corrected chi connectivity index (χ3v) is 4.62. The number of hydrogen-bond acceptors (Lipinski definition) is 6. The normalized spacial score (nSPS) is 12.9. The number of carbonyl (C=O) groups excluding carboxylic acids is 1. The molecule has 0 fully saturated rings. The van der Waals surface area contributed by atoms with Crippen molar-refractivity contribution < 1.29 is 19.0 Å². The van der Waals surface area contributed by atoms with Crippen LogP contribution in [0.4, 0.5) is 0 Å². The zero-order chi connectivity index (χ0) is 19.5. The first-order chi connectivity index (χ1) is 13.7. The molecule has 1 aliphatic rings. The fourth-order valence-electron chi connectivity index (χ4n) is 3.15. The highest BCUT2D eigenvalue weighted by Gasteiger charge is 2.21. The molecule has 0 saturated heterocycles. The van der Waals surface area contributed by atoms with Gasteiger partial charge in [-0.05, 0) is 30.7 Å². The number of ether oxygens (including phenoxy) is 3. The Morgan fingerprint density at radius 3 is 3.04 bits per heavy atom. The summed E-state index contributed by atoms with van der Waals surface area (Å²) in [6.45, 7) is 2.56. The predicted molar refractivity (Wildman–Crippen MR) is 102 cm³/mol. The zero-order valence-electron chi connectivity index (χ0n) is 15.2. The number of nitrogens with zero attached hydrogens (tertiary/aromatic N) is 3. The van der Waals surface area contributed by atoms with Gasteiger partial charge in [0.25, 0.3) is 0 Å². The zero-order valence-corrected chi connectivity index (χ0v) is 16.0. The van der Waals surface area contributed by atoms with E-state index in [0.29, 0.717) is 40.7 Å². The number of rotatable bonds is 5. The van der Waals surface area contributed by atoms with Crippen LogP contribution in [-0.4, -0.2) is 27.5 Å². The van der Waals surface area contributed by atoms with E-state index in [1.54, 1.807) is 23.0 Å². The SMILES string of the molecule is CCc1c(C(=O)OCc2cc(Cl)cc3c2OCOC3)cnn1-c1ccccn1. The Morgan fingerprint density at radius 1 is 1.36 bits per heavy atom. The van der Waals surface area contributed by atoms with Crippen molar-refractivity contribution in [3.8, 4) is 11.6 Å². The van der Waals surface area contributed by atoms with Gasteiger partial charge in [-0.15, -0.1) is 0 Å². The fraction of sp³-hybridized carbons (Fsp3) is 0.250. The molecule has 0 N–H and O–H groups in total. The van der Waals surface area contributed by atoms with Crippen LogP contribution in [0.5, 0.6) is 5.75 Å². The van der Waals surface area contributed by atoms with Gasteiger partial charge in [0.2, 0.25) is 0 Å². The maximum absolute atomic E-state index is 12.7. The van der Waals surface area contributed by atoms with Crippen molar-refractivity contribution in [2.24, 2.45) is 0 Å². The van der Waals surface area contributed by atoms with E-state index < -0.39 is 5.97 Å². The summed E-state index contributed by atoms with van der Waals surface area (Å²) in [7, 11) is 0. The summed E-state index contributed by atoms with van der Waals surface area (Å²) in [6.07, 6.45) is 3.79. The maximum atomic E-state index is 12.7. The number of pyridine rings is 1. The van der Waals surface area contributed by atoms with Crippen LogP contribution in [0, 0.1) is 0 Å². The highest BCUT2D eigenvalue weighted by Crippen LogP contribution is 2.32. The lowest BCUT2D eigenvalue weighted by atomic mass is 10.1. The predicted octanol–water partition coefficient (Wildman–Crippen LogP) is 3.71. The summed E-state index contributed by atoms with van der Waals surface area (Å²) in [5.41, 5.74) is 2.69. The quantitative estimate of drug-likeness (QED) is 0.609. The van der Waals surface area contributed by atoms with Gasteiger partial charge >= 0.3 is 5.97 Å². The highest BCUT2D eigenvalue weighted by molar-refractivity contribution is 6.30. The van der Waals surface area contributed by atoms with Crippen LogP contribution in [0.1, 0.15) is 34.1 Å². The largest absolute Gasteiger partial charge is 0.467 e. The van der Waals surface area contributed by atoms with Gasteiger partial charge in [0.1, 0.15) is 17.9 Å². The van der Waals surface area contributed by atoms with E-state index in [0.717, 1.165) is 11.3 Å². The molecular weight excluding hydrogens is 382 g/mol. The topological polar surface area (TPSA) is 75.5 Å². The lowest BCUT2D eigenvalue weighted by Gasteiger charge is -2.21. The van der Waals surface area contributed by atoms with E-state index in [4.69, 9.17) is 25.8 Å². The van der Waals surface area contributed by atoms with E-state index in [2.05, 4.69) is 10.1 Å². The lowest BCUT2D eigenvalue weighted by molar-refractivity contribution is -0.0180. The van der Waals surface area contributed by atoms with Crippen molar-refractivity contribution in [1.82, 2.24) is 14.8 Å². The molecule has 0 bridgehead atoms. The Morgan fingerprint density at radius 2 is 2.25 bits per heavy atom. The number of esters is 1. The van der Waals surface area contributed by atoms with Crippen LogP contribution >= 0.6 is 11.6 Å². The number of hydrogen-bond donors (Lipinski definition) is 0. The van der Waals surface area contributed by atoms with Gasteiger partial charge in [0.15, 0.2) is 12.6 Å². The van der Waals surface area contributed by atoms with Crippen LogP contribution in [0.3, 0.4) is 0 Å². The van der Waals surface area contributed by atoms with Gasteiger partial charge < -0.3 is 14.2 Å². The van der Waals surface area contributed by atoms with Crippen molar-refractivity contribution >= 4 is 17.6 Å². The summed E-state index contributed by atoms with van der Waals surface area (Å²) in [5.74, 6) is 0.846. The lowest BCUT2D eigenvalue weighted by Crippen LogP contribution is -2.15. The highest BCUT2D eigenvalue weighted by atomic mass is 35.5. The van der Waals surface area contributed by atoms with E-state index >= 15 is 0 Å². The van der Waals surface area contributed by atoms with E-state index in [1.165, 1.54) is 6.20 Å². The fourth-order valence-corrected chi connectivity index (χ4v) is 3.41. The molecule has 0 radical (unpaired) electrons. The minimum absolute atomic E-state index is 0.0413. The van der Waals surface area contributed by atoms with Crippen LogP contribution in [-0.2, 0) is 29.1 Å². The Labute approximate surface area is 166 Å². The van der Waals surface area contributed by atoms with E-state index in [9.17, 15) is 4.79 Å². The van der Waals surface area contributed by atoms with Crippen molar-refractivity contribution in [1.29, 1.82) is 0 Å². The third kappa shape index (κ3) is 3.58. The minimum atomic E-state index is -0.459. The molecule has 3 heterocycles. The molecule has 0 amide bonds. The number of aromatic nitrogens is 3. The summed E-state index contributed by atoms with van der Waals surface area (Å²) < 4.78 is 18.0. The molecule has 2 aromatic heterocycles. The van der Waals surface area contributed by atoms with E-state index in [1.807, 2.05) is 25.1 Å². The molecule has 7 nitrogen and oxygen atoms in total. The van der Waals surface area contributed by atoms with Crippen LogP contribution < -0.4 is 4.74 Å². The number of fused-ring (bicyclic) bond motifs is 1. The average Bonchev–Trinajstić information content (AvgIpc) is 3.16. The Hall–Kier alpha value is -2.90. The monoisotopic (exact) mass is 399 g/mol. The van der Waals surface area contributed by atoms with Gasteiger partial charge in [-0.25, -0.2) is 14.5 Å². The van der Waals surface area contributed by atoms with Crippen molar-refractivity contribution in [2.45, 2.75) is 26.6 Å². The van der Waals surface area contributed by atoms with Crippen LogP contribution in [0.15, 0.2) is 42.7 Å². The first-order valence-corrected chi connectivity index (χ1v) is 9.22. The van der Waals surface area contributed by atoms with Crippen molar-refractivity contribution in [2.75, 3.05) is 6.79 Å². The minimum Gasteiger partial charge on any atom is -0.467 e. The number of benzene rings is 1. The summed E-state index contributed by atoms with van der Waals surface area (Å²) >= 11 is 6.16. The van der Waals surface area contributed by atoms with Crippen LogP contribution in [0.25, 0.3) is 5.82 Å². The van der Waals surface area contributed by atoms with Crippen molar-refractivity contribution in [3.05, 3.63) is 70.1 Å². The summed E-state index contributed by atoms with van der Waals surface area (Å²) in [5, 5.41) is 4.85. The average molecular weight is 400 g/mol. The molecule has 0 unspecified atom stereocenters. The van der Waals surface area contributed by atoms with Gasteiger partial charge in [-0.1, -0.05) is 24.6 Å². The first-order valence-electron chi connectivity index (χ1n) is 8.84. The van der Waals surface area contributed by atoms with Crippen molar-refractivity contribution in [3.63, 3.8) is 0 Å². The van der Waals surface area contributed by atoms with Gasteiger partial charge in [-0.3, -0.25) is 0 Å². The molecule has 1 aliphatic heterocycles. The Bertz CT molecular complexity index is 1000. The molecule has 0 atom stereocenters. The molecule has 1 aromatic carbocycles. The van der Waals surface area contributed by atoms with Crippen LogP contribution in [0.2, 0.25) is 5.02 Å². The molecular formula is C20H18ClN3O4.